The van der Waals surface area contributed by atoms with Crippen molar-refractivity contribution < 1.29 is 9.13 Å². The van der Waals surface area contributed by atoms with Crippen LogP contribution in [0.1, 0.15) is 5.56 Å². The van der Waals surface area contributed by atoms with Gasteiger partial charge in [-0.2, -0.15) is 0 Å². The maximum absolute atomic E-state index is 13.9. The first-order chi connectivity index (χ1) is 11.8. The molecule has 0 unspecified atom stereocenters. The molecule has 0 atom stereocenters. The molecule has 122 valence electrons. The molecule has 0 amide bonds. The van der Waals surface area contributed by atoms with Crippen molar-refractivity contribution in [2.75, 3.05) is 12.5 Å². The number of hydrazine groups is 1. The molecule has 24 heavy (non-hydrogen) atoms. The molecule has 2 N–H and O–H groups in total. The summed E-state index contributed by atoms with van der Waals surface area (Å²) >= 11 is 0. The number of anilines is 1. The molecule has 0 heterocycles. The van der Waals surface area contributed by atoms with E-state index in [1.165, 1.54) is 13.2 Å². The Hall–Kier alpha value is -2.85. The number of ether oxygens (including phenoxy) is 1. The third-order valence-corrected chi connectivity index (χ3v) is 3.71. The largest absolute Gasteiger partial charge is 0.494 e. The molecule has 0 radical (unpaired) electrons. The number of nitrogens with one attached hydrogen (secondary N) is 2. The molecule has 0 spiro atoms. The Morgan fingerprint density at radius 3 is 2.42 bits per heavy atom. The number of hydrogen-bond donors (Lipinski definition) is 2. The van der Waals surface area contributed by atoms with Gasteiger partial charge in [-0.1, -0.05) is 42.5 Å². The van der Waals surface area contributed by atoms with Crippen LogP contribution in [0.2, 0.25) is 0 Å². The van der Waals surface area contributed by atoms with E-state index >= 15 is 0 Å². The molecule has 0 saturated carbocycles. The third-order valence-electron chi connectivity index (χ3n) is 3.71. The molecule has 0 saturated heterocycles. The summed E-state index contributed by atoms with van der Waals surface area (Å²) in [6, 6.07) is 22.9. The molecule has 0 aliphatic rings. The first-order valence-corrected chi connectivity index (χ1v) is 7.73. The van der Waals surface area contributed by atoms with E-state index in [0.717, 1.165) is 22.4 Å². The highest BCUT2D eigenvalue weighted by Gasteiger charge is 2.05. The van der Waals surface area contributed by atoms with Crippen LogP contribution in [0.4, 0.5) is 10.1 Å². The van der Waals surface area contributed by atoms with Crippen molar-refractivity contribution in [1.29, 1.82) is 0 Å². The van der Waals surface area contributed by atoms with Gasteiger partial charge in [0.2, 0.25) is 0 Å². The van der Waals surface area contributed by atoms with Crippen LogP contribution in [0, 0.1) is 5.82 Å². The number of hydrogen-bond acceptors (Lipinski definition) is 3. The second-order valence-corrected chi connectivity index (χ2v) is 5.39. The number of halogens is 1. The maximum Gasteiger partial charge on any atom is 0.165 e. The molecule has 0 aliphatic carbocycles. The van der Waals surface area contributed by atoms with Crippen LogP contribution in [-0.4, -0.2) is 7.11 Å². The summed E-state index contributed by atoms with van der Waals surface area (Å²) in [7, 11) is 1.46. The fraction of sp³-hybridized carbons (Fsp3) is 0.100. The van der Waals surface area contributed by atoms with Crippen molar-refractivity contribution in [2.24, 2.45) is 0 Å². The highest BCUT2D eigenvalue weighted by molar-refractivity contribution is 5.65. The molecule has 3 rings (SSSR count). The zero-order valence-corrected chi connectivity index (χ0v) is 13.4. The van der Waals surface area contributed by atoms with Gasteiger partial charge in [0.15, 0.2) is 11.6 Å². The lowest BCUT2D eigenvalue weighted by molar-refractivity contribution is 0.386. The number of para-hydroxylation sites is 1. The quantitative estimate of drug-likeness (QED) is 0.650. The van der Waals surface area contributed by atoms with Crippen LogP contribution < -0.4 is 15.6 Å². The van der Waals surface area contributed by atoms with Crippen LogP contribution in [0.3, 0.4) is 0 Å². The molecular weight excluding hydrogens is 303 g/mol. The van der Waals surface area contributed by atoms with Crippen LogP contribution in [-0.2, 0) is 6.54 Å². The van der Waals surface area contributed by atoms with E-state index < -0.39 is 0 Å². The Bertz CT molecular complexity index is 806. The Balaban J connectivity index is 1.69. The van der Waals surface area contributed by atoms with Gasteiger partial charge in [0.1, 0.15) is 0 Å². The van der Waals surface area contributed by atoms with E-state index in [-0.39, 0.29) is 11.6 Å². The molecule has 0 fully saturated rings. The van der Waals surface area contributed by atoms with Crippen LogP contribution >= 0.6 is 0 Å². The van der Waals surface area contributed by atoms with Gasteiger partial charge in [-0.15, -0.1) is 0 Å². The molecule has 0 aliphatic heterocycles. The van der Waals surface area contributed by atoms with E-state index in [1.807, 2.05) is 60.7 Å². The van der Waals surface area contributed by atoms with Gasteiger partial charge in [-0.3, -0.25) is 0 Å². The lowest BCUT2D eigenvalue weighted by Gasteiger charge is -2.10. The Labute approximate surface area is 141 Å². The van der Waals surface area contributed by atoms with Crippen LogP contribution in [0.25, 0.3) is 11.1 Å². The molecule has 3 nitrogen and oxygen atoms in total. The van der Waals surface area contributed by atoms with Crippen LogP contribution in [0.15, 0.2) is 72.8 Å². The van der Waals surface area contributed by atoms with E-state index in [1.54, 1.807) is 6.07 Å². The topological polar surface area (TPSA) is 33.3 Å². The van der Waals surface area contributed by atoms with Crippen molar-refractivity contribution in [1.82, 2.24) is 5.43 Å². The zero-order valence-electron chi connectivity index (χ0n) is 13.4. The summed E-state index contributed by atoms with van der Waals surface area (Å²) < 4.78 is 18.8. The van der Waals surface area contributed by atoms with Gasteiger partial charge in [0.25, 0.3) is 0 Å². The fourth-order valence-corrected chi connectivity index (χ4v) is 2.48. The summed E-state index contributed by atoms with van der Waals surface area (Å²) in [5.74, 6) is -0.104. The van der Waals surface area contributed by atoms with Crippen molar-refractivity contribution in [3.8, 4) is 16.9 Å². The average molecular weight is 322 g/mol. The minimum Gasteiger partial charge on any atom is -0.494 e. The van der Waals surface area contributed by atoms with Crippen molar-refractivity contribution in [3.05, 3.63) is 84.2 Å². The lowest BCUT2D eigenvalue weighted by Crippen LogP contribution is -2.20. The average Bonchev–Trinajstić information content (AvgIpc) is 2.63. The molecule has 3 aromatic rings. The van der Waals surface area contributed by atoms with Crippen molar-refractivity contribution in [2.45, 2.75) is 6.54 Å². The summed E-state index contributed by atoms with van der Waals surface area (Å²) in [5, 5.41) is 0. The molecule has 4 heteroatoms. The van der Waals surface area contributed by atoms with E-state index in [4.69, 9.17) is 4.74 Å². The van der Waals surface area contributed by atoms with Gasteiger partial charge >= 0.3 is 0 Å². The normalized spacial score (nSPS) is 10.4. The van der Waals surface area contributed by atoms with E-state index in [9.17, 15) is 4.39 Å². The minimum absolute atomic E-state index is 0.253. The first kappa shape index (κ1) is 16.0. The standard InChI is InChI=1S/C20H19FN2O/c1-24-20-11-10-17(13-19(20)21)16-7-5-6-15(12-16)14-22-23-18-8-3-2-4-9-18/h2-13,22-23H,14H2,1H3. The maximum atomic E-state index is 13.9. The molecular formula is C20H19FN2O. The van der Waals surface area contributed by atoms with E-state index in [2.05, 4.69) is 10.9 Å². The van der Waals surface area contributed by atoms with Crippen molar-refractivity contribution in [3.63, 3.8) is 0 Å². The third kappa shape index (κ3) is 3.91. The Kier molecular flexibility index (Phi) is 5.08. The van der Waals surface area contributed by atoms with E-state index in [0.29, 0.717) is 6.54 Å². The lowest BCUT2D eigenvalue weighted by atomic mass is 10.0. The van der Waals surface area contributed by atoms with Gasteiger partial charge in [0.05, 0.1) is 7.11 Å². The van der Waals surface area contributed by atoms with Gasteiger partial charge in [-0.05, 0) is 47.0 Å². The van der Waals surface area contributed by atoms with Crippen molar-refractivity contribution >= 4 is 5.69 Å². The SMILES string of the molecule is COc1ccc(-c2cccc(CNNc3ccccc3)c2)cc1F. The summed E-state index contributed by atoms with van der Waals surface area (Å²) in [5.41, 5.74) is 10.2. The predicted octanol–water partition coefficient (Wildman–Crippen LogP) is 4.62. The fourth-order valence-electron chi connectivity index (χ4n) is 2.48. The zero-order chi connectivity index (χ0) is 16.8. The number of rotatable bonds is 6. The Morgan fingerprint density at radius 1 is 0.875 bits per heavy atom. The predicted molar refractivity (Wildman–Crippen MR) is 95.3 cm³/mol. The first-order valence-electron chi connectivity index (χ1n) is 7.73. The molecule has 0 aromatic heterocycles. The van der Waals surface area contributed by atoms with Gasteiger partial charge in [-0.25, -0.2) is 9.82 Å². The molecule has 0 bridgehead atoms. The van der Waals surface area contributed by atoms with Crippen LogP contribution in [0.5, 0.6) is 5.75 Å². The second kappa shape index (κ2) is 7.62. The minimum atomic E-state index is -0.357. The smallest absolute Gasteiger partial charge is 0.165 e. The van der Waals surface area contributed by atoms with Gasteiger partial charge in [0, 0.05) is 12.2 Å². The van der Waals surface area contributed by atoms with Gasteiger partial charge < -0.3 is 10.2 Å². The summed E-state index contributed by atoms with van der Waals surface area (Å²) in [4.78, 5) is 0. The summed E-state index contributed by atoms with van der Waals surface area (Å²) in [6.07, 6.45) is 0. The second-order valence-electron chi connectivity index (χ2n) is 5.39. The number of benzene rings is 3. The molecule has 3 aromatic carbocycles. The number of methoxy groups -OCH3 is 1. The summed E-state index contributed by atoms with van der Waals surface area (Å²) in [6.45, 7) is 0.654. The highest BCUT2D eigenvalue weighted by atomic mass is 19.1. The highest BCUT2D eigenvalue weighted by Crippen LogP contribution is 2.26. The Morgan fingerprint density at radius 2 is 1.67 bits per heavy atom. The monoisotopic (exact) mass is 322 g/mol.